The molecule has 182 valence electrons. The number of imidazole rings is 1. The van der Waals surface area contributed by atoms with Crippen LogP contribution in [0.5, 0.6) is 0 Å². The number of hydrogen-bond donors (Lipinski definition) is 3. The van der Waals surface area contributed by atoms with E-state index in [4.69, 9.17) is 4.74 Å². The first-order valence-electron chi connectivity index (χ1n) is 11.3. The maximum atomic E-state index is 12.0. The minimum Gasteiger partial charge on any atom is -0.379 e. The third-order valence-corrected chi connectivity index (χ3v) is 5.60. The maximum Gasteiger partial charge on any atom is 0.321 e. The molecule has 5 rings (SSSR count). The van der Waals surface area contributed by atoms with E-state index in [1.54, 1.807) is 6.20 Å². The molecule has 10 heteroatoms. The summed E-state index contributed by atoms with van der Waals surface area (Å²) in [7, 11) is 0. The quantitative estimate of drug-likeness (QED) is 0.390. The smallest absolute Gasteiger partial charge is 0.321 e. The Hall–Kier alpha value is -3.89. The second-order valence-electron chi connectivity index (χ2n) is 7.98. The number of amides is 2. The van der Waals surface area contributed by atoms with Gasteiger partial charge in [-0.3, -0.25) is 15.2 Å². The van der Waals surface area contributed by atoms with Gasteiger partial charge in [0.25, 0.3) is 0 Å². The average molecular weight is 475 g/mol. The Morgan fingerprint density at radius 3 is 2.63 bits per heavy atom. The van der Waals surface area contributed by atoms with Gasteiger partial charge >= 0.3 is 6.03 Å². The number of anilines is 1. The molecule has 10 nitrogen and oxygen atoms in total. The highest BCUT2D eigenvalue weighted by atomic mass is 16.5. The molecule has 3 N–H and O–H groups in total. The van der Waals surface area contributed by atoms with E-state index in [1.165, 1.54) is 0 Å². The van der Waals surface area contributed by atoms with Gasteiger partial charge in [-0.25, -0.2) is 19.7 Å². The van der Waals surface area contributed by atoms with Gasteiger partial charge in [0.2, 0.25) is 5.95 Å². The summed E-state index contributed by atoms with van der Waals surface area (Å²) < 4.78 is 5.41. The summed E-state index contributed by atoms with van der Waals surface area (Å²) in [5, 5.41) is 5.45. The van der Waals surface area contributed by atoms with Crippen LogP contribution < -0.4 is 10.6 Å². The second kappa shape index (κ2) is 11.0. The lowest BCUT2D eigenvalue weighted by molar-refractivity contribution is 0.0330. The highest BCUT2D eigenvalue weighted by Gasteiger charge is 2.16. The Morgan fingerprint density at radius 1 is 1.11 bits per heavy atom. The Labute approximate surface area is 204 Å². The van der Waals surface area contributed by atoms with E-state index in [9.17, 15) is 4.79 Å². The lowest BCUT2D eigenvalue weighted by Gasteiger charge is -2.25. The fourth-order valence-electron chi connectivity index (χ4n) is 3.92. The maximum absolute atomic E-state index is 12.0. The summed E-state index contributed by atoms with van der Waals surface area (Å²) in [5.41, 5.74) is 4.96. The van der Waals surface area contributed by atoms with Crippen LogP contribution in [0, 0.1) is 0 Å². The molecule has 1 aliphatic heterocycles. The lowest BCUT2D eigenvalue weighted by Crippen LogP contribution is -2.36. The molecular formula is C25H30N8O2. The minimum absolute atomic E-state index is 0. The number of aromatic amines is 1. The summed E-state index contributed by atoms with van der Waals surface area (Å²) in [6.07, 6.45) is 5.44. The molecule has 1 saturated heterocycles. The number of nitrogens with zero attached hydrogens (tertiary/aromatic N) is 5. The fraction of sp³-hybridized carbons (Fsp3) is 0.320. The largest absolute Gasteiger partial charge is 0.379 e. The van der Waals surface area contributed by atoms with Crippen molar-refractivity contribution in [1.82, 2.24) is 35.1 Å². The minimum atomic E-state index is -0.314. The van der Waals surface area contributed by atoms with Gasteiger partial charge in [-0.05, 0) is 36.8 Å². The van der Waals surface area contributed by atoms with Crippen LogP contribution >= 0.6 is 0 Å². The molecule has 0 spiro atoms. The molecule has 1 aromatic carbocycles. The van der Waals surface area contributed by atoms with Crippen molar-refractivity contribution >= 4 is 23.0 Å². The van der Waals surface area contributed by atoms with Crippen LogP contribution in [-0.4, -0.2) is 68.7 Å². The first-order valence-corrected chi connectivity index (χ1v) is 11.3. The number of hydrogen-bond acceptors (Lipinski definition) is 7. The number of nitrogens with one attached hydrogen (secondary N) is 3. The van der Waals surface area contributed by atoms with Crippen LogP contribution in [0.1, 0.15) is 20.2 Å². The number of carbonyl (C=O) groups excluding carboxylic acids is 1. The highest BCUT2D eigenvalue weighted by Crippen LogP contribution is 2.32. The van der Waals surface area contributed by atoms with Crippen molar-refractivity contribution in [2.45, 2.75) is 20.9 Å². The van der Waals surface area contributed by atoms with Gasteiger partial charge in [-0.15, -0.1) is 0 Å². The molecule has 0 unspecified atom stereocenters. The van der Waals surface area contributed by atoms with E-state index in [1.807, 2.05) is 49.6 Å². The standard InChI is InChI=1S/C24H26N8O2.CH4/c1-2-25-24(33)31-23-29-20-12-16(11-18(22(20)30-23)19-5-3-4-6-26-19)17-13-27-21(28-14-17)15-32-7-9-34-10-8-32;/h3-6,11-14H,2,7-10,15H2,1H3,(H3,25,29,30,31,33);1H4. The van der Waals surface area contributed by atoms with Crippen molar-refractivity contribution in [3.63, 3.8) is 0 Å². The van der Waals surface area contributed by atoms with E-state index in [-0.39, 0.29) is 13.5 Å². The molecule has 1 aliphatic rings. The number of benzene rings is 1. The Morgan fingerprint density at radius 2 is 1.91 bits per heavy atom. The summed E-state index contributed by atoms with van der Waals surface area (Å²) in [6.45, 7) is 6.36. The van der Waals surface area contributed by atoms with Crippen LogP contribution in [0.2, 0.25) is 0 Å². The van der Waals surface area contributed by atoms with Crippen molar-refractivity contribution < 1.29 is 9.53 Å². The van der Waals surface area contributed by atoms with Gasteiger partial charge in [-0.1, -0.05) is 13.5 Å². The molecule has 1 fully saturated rings. The van der Waals surface area contributed by atoms with Crippen molar-refractivity contribution in [2.75, 3.05) is 38.2 Å². The molecule has 0 aliphatic carbocycles. The summed E-state index contributed by atoms with van der Waals surface area (Å²) in [5.74, 6) is 1.15. The van der Waals surface area contributed by atoms with Gasteiger partial charge in [0.05, 0.1) is 36.5 Å². The number of fused-ring (bicyclic) bond motifs is 1. The molecule has 4 aromatic rings. The van der Waals surface area contributed by atoms with Gasteiger partial charge in [0.15, 0.2) is 0 Å². The van der Waals surface area contributed by atoms with Crippen molar-refractivity contribution in [1.29, 1.82) is 0 Å². The molecule has 2 amide bonds. The van der Waals surface area contributed by atoms with Crippen LogP contribution in [-0.2, 0) is 11.3 Å². The molecule has 0 atom stereocenters. The zero-order valence-electron chi connectivity index (χ0n) is 18.9. The number of carbonyl (C=O) groups is 1. The Balaban J connectivity index is 0.00000289. The highest BCUT2D eigenvalue weighted by molar-refractivity contribution is 5.97. The third-order valence-electron chi connectivity index (χ3n) is 5.60. The van der Waals surface area contributed by atoms with E-state index in [0.29, 0.717) is 19.0 Å². The summed E-state index contributed by atoms with van der Waals surface area (Å²) in [6, 6.07) is 9.44. The zero-order chi connectivity index (χ0) is 23.3. The molecule has 0 bridgehead atoms. The topological polar surface area (TPSA) is 121 Å². The number of ether oxygens (including phenoxy) is 1. The average Bonchev–Trinajstić information content (AvgIpc) is 3.27. The van der Waals surface area contributed by atoms with Gasteiger partial charge in [0.1, 0.15) is 5.82 Å². The van der Waals surface area contributed by atoms with Crippen LogP contribution in [0.25, 0.3) is 33.4 Å². The molecule has 3 aromatic heterocycles. The van der Waals surface area contributed by atoms with Crippen LogP contribution in [0.3, 0.4) is 0 Å². The fourth-order valence-corrected chi connectivity index (χ4v) is 3.92. The molecule has 4 heterocycles. The number of morpholine rings is 1. The predicted octanol–water partition coefficient (Wildman–Crippen LogP) is 3.69. The van der Waals surface area contributed by atoms with E-state index in [2.05, 4.69) is 40.5 Å². The van der Waals surface area contributed by atoms with E-state index < -0.39 is 0 Å². The summed E-state index contributed by atoms with van der Waals surface area (Å²) in [4.78, 5) is 35.8. The lowest BCUT2D eigenvalue weighted by atomic mass is 10.0. The number of aromatic nitrogens is 5. The monoisotopic (exact) mass is 474 g/mol. The number of urea groups is 1. The van der Waals surface area contributed by atoms with Crippen LogP contribution in [0.15, 0.2) is 48.9 Å². The van der Waals surface area contributed by atoms with Crippen molar-refractivity contribution in [3.8, 4) is 22.4 Å². The Bertz CT molecular complexity index is 1270. The molecular weight excluding hydrogens is 444 g/mol. The SMILES string of the molecule is C.CCNC(=O)Nc1nc2c(-c3ccccn3)cc(-c3cnc(CN4CCOCC4)nc3)cc2[nH]1. The van der Waals surface area contributed by atoms with Crippen LogP contribution in [0.4, 0.5) is 10.7 Å². The number of rotatable bonds is 6. The summed E-state index contributed by atoms with van der Waals surface area (Å²) >= 11 is 0. The molecule has 0 saturated carbocycles. The van der Waals surface area contributed by atoms with Gasteiger partial charge < -0.3 is 15.0 Å². The van der Waals surface area contributed by atoms with Crippen molar-refractivity contribution in [2.24, 2.45) is 0 Å². The Kier molecular flexibility index (Phi) is 7.64. The molecule has 35 heavy (non-hydrogen) atoms. The number of pyridine rings is 1. The van der Waals surface area contributed by atoms with Crippen molar-refractivity contribution in [3.05, 3.63) is 54.7 Å². The van der Waals surface area contributed by atoms with E-state index >= 15 is 0 Å². The third kappa shape index (κ3) is 5.61. The first-order chi connectivity index (χ1) is 16.7. The van der Waals surface area contributed by atoms with Gasteiger partial charge in [-0.2, -0.15) is 0 Å². The second-order valence-corrected chi connectivity index (χ2v) is 7.98. The zero-order valence-corrected chi connectivity index (χ0v) is 18.9. The van der Waals surface area contributed by atoms with E-state index in [0.717, 1.165) is 65.5 Å². The number of H-pyrrole nitrogens is 1. The first kappa shape index (κ1) is 24.2. The normalized spacial score (nSPS) is 13.9. The molecule has 0 radical (unpaired) electrons. The predicted molar refractivity (Wildman–Crippen MR) is 136 cm³/mol. The van der Waals surface area contributed by atoms with Gasteiger partial charge in [0, 0.05) is 49.4 Å².